The fraction of sp³-hybridized carbons (Fsp3) is 0.154. The Labute approximate surface area is 118 Å². The molecule has 3 heterocycles. The molecule has 0 spiro atoms. The SMILES string of the molecule is CC(Nc1nc2ccccn2c1C(=O)O)c1nccs1. The van der Waals surface area contributed by atoms with Crippen molar-refractivity contribution in [3.63, 3.8) is 0 Å². The van der Waals surface area contributed by atoms with Crippen LogP contribution in [0.25, 0.3) is 5.65 Å². The third-order valence-electron chi connectivity index (χ3n) is 2.91. The number of carbonyl (C=O) groups is 1. The Bertz CT molecular complexity index is 751. The summed E-state index contributed by atoms with van der Waals surface area (Å²) >= 11 is 1.52. The molecule has 0 aliphatic rings. The highest BCUT2D eigenvalue weighted by molar-refractivity contribution is 7.09. The summed E-state index contributed by atoms with van der Waals surface area (Å²) in [5, 5.41) is 15.3. The van der Waals surface area contributed by atoms with Crippen LogP contribution < -0.4 is 5.32 Å². The number of aromatic carboxylic acids is 1. The van der Waals surface area contributed by atoms with Gasteiger partial charge in [-0.2, -0.15) is 0 Å². The largest absolute Gasteiger partial charge is 0.476 e. The zero-order valence-electron chi connectivity index (χ0n) is 10.6. The molecule has 2 N–H and O–H groups in total. The minimum absolute atomic E-state index is 0.0991. The van der Waals surface area contributed by atoms with E-state index in [9.17, 15) is 9.90 Å². The second-order valence-electron chi connectivity index (χ2n) is 4.28. The van der Waals surface area contributed by atoms with E-state index in [-0.39, 0.29) is 11.7 Å². The third kappa shape index (κ3) is 2.12. The fourth-order valence-electron chi connectivity index (χ4n) is 2.02. The minimum atomic E-state index is -1.02. The average molecular weight is 288 g/mol. The van der Waals surface area contributed by atoms with Gasteiger partial charge < -0.3 is 10.4 Å². The Morgan fingerprint density at radius 1 is 1.50 bits per heavy atom. The highest BCUT2D eigenvalue weighted by Crippen LogP contribution is 2.24. The molecule has 3 aromatic heterocycles. The van der Waals surface area contributed by atoms with Crippen LogP contribution in [0.15, 0.2) is 36.0 Å². The molecule has 1 atom stereocenters. The predicted octanol–water partition coefficient (Wildman–Crippen LogP) is 2.66. The van der Waals surface area contributed by atoms with Gasteiger partial charge in [-0.05, 0) is 19.1 Å². The molecule has 0 saturated heterocycles. The van der Waals surface area contributed by atoms with Crippen molar-refractivity contribution in [2.45, 2.75) is 13.0 Å². The standard InChI is InChI=1S/C13H12N4O2S/c1-8(12-14-5-7-20-12)15-11-10(13(18)19)17-6-3-2-4-9(17)16-11/h2-8,15H,1H3,(H,18,19). The summed E-state index contributed by atoms with van der Waals surface area (Å²) in [6.45, 7) is 1.93. The van der Waals surface area contributed by atoms with Crippen molar-refractivity contribution in [1.29, 1.82) is 0 Å². The topological polar surface area (TPSA) is 79.5 Å². The number of fused-ring (bicyclic) bond motifs is 1. The first kappa shape index (κ1) is 12.6. The van der Waals surface area contributed by atoms with Crippen LogP contribution in [-0.2, 0) is 0 Å². The quantitative estimate of drug-likeness (QED) is 0.771. The number of thiazole rings is 1. The summed E-state index contributed by atoms with van der Waals surface area (Å²) < 4.78 is 1.55. The fourth-order valence-corrected chi connectivity index (χ4v) is 2.66. The lowest BCUT2D eigenvalue weighted by Gasteiger charge is -2.10. The highest BCUT2D eigenvalue weighted by Gasteiger charge is 2.20. The smallest absolute Gasteiger partial charge is 0.356 e. The molecule has 6 nitrogen and oxygen atoms in total. The maximum Gasteiger partial charge on any atom is 0.356 e. The van der Waals surface area contributed by atoms with Gasteiger partial charge in [0.1, 0.15) is 10.7 Å². The van der Waals surface area contributed by atoms with Crippen LogP contribution in [0.3, 0.4) is 0 Å². The van der Waals surface area contributed by atoms with Gasteiger partial charge >= 0.3 is 5.97 Å². The van der Waals surface area contributed by atoms with Gasteiger partial charge in [-0.25, -0.2) is 14.8 Å². The van der Waals surface area contributed by atoms with Crippen LogP contribution in [-0.4, -0.2) is 25.4 Å². The van der Waals surface area contributed by atoms with E-state index in [0.29, 0.717) is 11.5 Å². The highest BCUT2D eigenvalue weighted by atomic mass is 32.1. The normalized spacial score (nSPS) is 12.4. The number of pyridine rings is 1. The number of nitrogens with one attached hydrogen (secondary N) is 1. The van der Waals surface area contributed by atoms with E-state index in [1.807, 2.05) is 18.4 Å². The Morgan fingerprint density at radius 2 is 2.35 bits per heavy atom. The molecule has 20 heavy (non-hydrogen) atoms. The summed E-state index contributed by atoms with van der Waals surface area (Å²) in [6.07, 6.45) is 3.41. The van der Waals surface area contributed by atoms with E-state index >= 15 is 0 Å². The van der Waals surface area contributed by atoms with Crippen LogP contribution >= 0.6 is 11.3 Å². The molecule has 0 aliphatic heterocycles. The molecule has 102 valence electrons. The zero-order chi connectivity index (χ0) is 14.1. The molecule has 0 aliphatic carbocycles. The number of carboxylic acids is 1. The number of carboxylic acid groups (broad SMARTS) is 1. The molecule has 0 fully saturated rings. The van der Waals surface area contributed by atoms with E-state index < -0.39 is 5.97 Å². The number of imidazole rings is 1. The van der Waals surface area contributed by atoms with Crippen LogP contribution in [0.5, 0.6) is 0 Å². The number of aromatic nitrogens is 3. The van der Waals surface area contributed by atoms with E-state index in [1.165, 1.54) is 11.3 Å². The van der Waals surface area contributed by atoms with E-state index in [2.05, 4.69) is 15.3 Å². The molecule has 3 rings (SSSR count). The monoisotopic (exact) mass is 288 g/mol. The molecule has 7 heteroatoms. The van der Waals surface area contributed by atoms with Crippen LogP contribution in [0.2, 0.25) is 0 Å². The molecular formula is C13H12N4O2S. The van der Waals surface area contributed by atoms with Crippen molar-refractivity contribution in [3.8, 4) is 0 Å². The lowest BCUT2D eigenvalue weighted by molar-refractivity contribution is 0.0690. The van der Waals surface area contributed by atoms with Gasteiger partial charge in [-0.3, -0.25) is 4.40 Å². The number of nitrogens with zero attached hydrogens (tertiary/aromatic N) is 3. The van der Waals surface area contributed by atoms with Crippen molar-refractivity contribution in [3.05, 3.63) is 46.7 Å². The summed E-state index contributed by atoms with van der Waals surface area (Å²) in [7, 11) is 0. The minimum Gasteiger partial charge on any atom is -0.476 e. The summed E-state index contributed by atoms with van der Waals surface area (Å²) in [5.74, 6) is -0.663. The van der Waals surface area contributed by atoms with Crippen molar-refractivity contribution in [2.75, 3.05) is 5.32 Å². The van der Waals surface area contributed by atoms with E-state index in [1.54, 1.807) is 28.9 Å². The molecule has 0 bridgehead atoms. The molecule has 0 saturated carbocycles. The van der Waals surface area contributed by atoms with Gasteiger partial charge in [0.15, 0.2) is 11.5 Å². The van der Waals surface area contributed by atoms with Gasteiger partial charge in [-0.1, -0.05) is 6.07 Å². The molecule has 1 unspecified atom stereocenters. The van der Waals surface area contributed by atoms with E-state index in [0.717, 1.165) is 5.01 Å². The molecule has 0 amide bonds. The molecule has 0 aromatic carbocycles. The second kappa shape index (κ2) is 4.93. The van der Waals surface area contributed by atoms with Gasteiger partial charge in [0.2, 0.25) is 0 Å². The van der Waals surface area contributed by atoms with Crippen molar-refractivity contribution in [2.24, 2.45) is 0 Å². The van der Waals surface area contributed by atoms with Crippen molar-refractivity contribution in [1.82, 2.24) is 14.4 Å². The first-order valence-electron chi connectivity index (χ1n) is 6.03. The number of hydrogen-bond donors (Lipinski definition) is 2. The Kier molecular flexibility index (Phi) is 3.11. The lowest BCUT2D eigenvalue weighted by Crippen LogP contribution is -2.11. The van der Waals surface area contributed by atoms with Gasteiger partial charge in [0.05, 0.1) is 6.04 Å². The zero-order valence-corrected chi connectivity index (χ0v) is 11.5. The summed E-state index contributed by atoms with van der Waals surface area (Å²) in [4.78, 5) is 20.0. The molecular weight excluding hydrogens is 276 g/mol. The number of hydrogen-bond acceptors (Lipinski definition) is 5. The Balaban J connectivity index is 2.02. The molecule has 0 radical (unpaired) electrons. The van der Waals surface area contributed by atoms with Crippen LogP contribution in [0.1, 0.15) is 28.5 Å². The summed E-state index contributed by atoms with van der Waals surface area (Å²) in [5.41, 5.74) is 0.725. The Morgan fingerprint density at radius 3 is 3.05 bits per heavy atom. The lowest BCUT2D eigenvalue weighted by atomic mass is 10.3. The van der Waals surface area contributed by atoms with E-state index in [4.69, 9.17) is 0 Å². The maximum absolute atomic E-state index is 11.5. The van der Waals surface area contributed by atoms with Gasteiger partial charge in [0.25, 0.3) is 0 Å². The first-order chi connectivity index (χ1) is 9.66. The van der Waals surface area contributed by atoms with Crippen molar-refractivity contribution >= 4 is 28.8 Å². The third-order valence-corrected chi connectivity index (χ3v) is 3.87. The van der Waals surface area contributed by atoms with Gasteiger partial charge in [0, 0.05) is 17.8 Å². The summed E-state index contributed by atoms with van der Waals surface area (Å²) in [6, 6.07) is 5.26. The average Bonchev–Trinajstić information content (AvgIpc) is 3.05. The van der Waals surface area contributed by atoms with Crippen LogP contribution in [0, 0.1) is 0 Å². The van der Waals surface area contributed by atoms with Crippen molar-refractivity contribution < 1.29 is 9.90 Å². The molecule has 3 aromatic rings. The predicted molar refractivity (Wildman–Crippen MR) is 76.3 cm³/mol. The maximum atomic E-state index is 11.5. The second-order valence-corrected chi connectivity index (χ2v) is 5.21. The number of anilines is 1. The Hall–Kier alpha value is -2.41. The van der Waals surface area contributed by atoms with Crippen LogP contribution in [0.4, 0.5) is 5.82 Å². The van der Waals surface area contributed by atoms with Gasteiger partial charge in [-0.15, -0.1) is 11.3 Å². The first-order valence-corrected chi connectivity index (χ1v) is 6.91. The number of rotatable bonds is 4.